The Bertz CT molecular complexity index is 467. The summed E-state index contributed by atoms with van der Waals surface area (Å²) in [6.07, 6.45) is 2.86. The Balaban J connectivity index is 3.18. The van der Waals surface area contributed by atoms with E-state index in [1.54, 1.807) is 0 Å². The van der Waals surface area contributed by atoms with Crippen LogP contribution >= 0.6 is 0 Å². The second-order valence-corrected chi connectivity index (χ2v) is 6.02. The first-order chi connectivity index (χ1) is 13.7. The fourth-order valence-corrected chi connectivity index (χ4v) is 2.24. The smallest absolute Gasteiger partial charge is 0.234 e. The lowest BCUT2D eigenvalue weighted by molar-refractivity contribution is 0.0926. The lowest BCUT2D eigenvalue weighted by Gasteiger charge is -2.26. The molecule has 1 rings (SSSR count). The van der Waals surface area contributed by atoms with E-state index in [1.165, 1.54) is 0 Å². The number of aryl methyl sites for hydroxylation is 1. The average molecular weight is 400 g/mol. The van der Waals surface area contributed by atoms with Gasteiger partial charge in [-0.15, -0.1) is 0 Å². The predicted octanol–water partition coefficient (Wildman–Crippen LogP) is 2.80. The number of unbranched alkanes of at least 4 members (excludes halogenated alkanes) is 1. The van der Waals surface area contributed by atoms with Gasteiger partial charge in [0.2, 0.25) is 11.9 Å². The van der Waals surface area contributed by atoms with Crippen molar-refractivity contribution in [2.75, 3.05) is 63.2 Å². The van der Waals surface area contributed by atoms with E-state index in [4.69, 9.17) is 18.9 Å². The van der Waals surface area contributed by atoms with Crippen LogP contribution in [-0.4, -0.2) is 68.3 Å². The van der Waals surface area contributed by atoms with E-state index >= 15 is 0 Å². The molecule has 0 saturated heterocycles. The van der Waals surface area contributed by atoms with E-state index in [0.717, 1.165) is 25.1 Å². The first-order valence-electron chi connectivity index (χ1n) is 10.3. The Morgan fingerprint density at radius 1 is 0.607 bits per heavy atom. The maximum atomic E-state index is 5.58. The van der Waals surface area contributed by atoms with Crippen molar-refractivity contribution in [1.82, 2.24) is 15.0 Å². The second-order valence-electron chi connectivity index (χ2n) is 6.02. The van der Waals surface area contributed by atoms with Crippen molar-refractivity contribution in [3.05, 3.63) is 5.82 Å². The monoisotopic (exact) mass is 399 g/mol. The minimum Gasteiger partial charge on any atom is -0.361 e. The molecule has 0 amide bonds. The van der Waals surface area contributed by atoms with Gasteiger partial charge in [-0.25, -0.2) is 0 Å². The Kier molecular flexibility index (Phi) is 13.5. The number of rotatable bonds is 17. The fourth-order valence-electron chi connectivity index (χ4n) is 2.24. The minimum absolute atomic E-state index is 0.351. The number of anilines is 2. The largest absolute Gasteiger partial charge is 0.361 e. The third-order valence-corrected chi connectivity index (χ3v) is 3.78. The summed E-state index contributed by atoms with van der Waals surface area (Å²) in [4.78, 5) is 17.7. The van der Waals surface area contributed by atoms with Crippen LogP contribution in [0.5, 0.6) is 0 Å². The van der Waals surface area contributed by atoms with Gasteiger partial charge < -0.3 is 18.9 Å². The molecule has 0 aliphatic heterocycles. The first kappa shape index (κ1) is 24.5. The third kappa shape index (κ3) is 9.09. The zero-order valence-electron chi connectivity index (χ0n) is 18.1. The highest BCUT2D eigenvalue weighted by Crippen LogP contribution is 2.16. The van der Waals surface area contributed by atoms with Gasteiger partial charge >= 0.3 is 0 Å². The Morgan fingerprint density at radius 3 is 1.32 bits per heavy atom. The van der Waals surface area contributed by atoms with Crippen molar-refractivity contribution in [1.29, 1.82) is 0 Å². The number of ether oxygens (including phenoxy) is 4. The molecule has 0 aliphatic carbocycles. The summed E-state index contributed by atoms with van der Waals surface area (Å²) < 4.78 is 22.3. The Labute approximate surface area is 169 Å². The summed E-state index contributed by atoms with van der Waals surface area (Å²) in [5, 5.41) is 0. The number of hydrogen-bond donors (Lipinski definition) is 0. The van der Waals surface area contributed by atoms with Gasteiger partial charge in [-0.1, -0.05) is 13.3 Å². The lowest BCUT2D eigenvalue weighted by Crippen LogP contribution is -2.34. The summed E-state index contributed by atoms with van der Waals surface area (Å²) in [7, 11) is 0. The topological polar surface area (TPSA) is 82.1 Å². The van der Waals surface area contributed by atoms with Crippen LogP contribution in [0.1, 0.15) is 53.3 Å². The summed E-state index contributed by atoms with van der Waals surface area (Å²) >= 11 is 0. The van der Waals surface area contributed by atoms with Crippen molar-refractivity contribution in [2.24, 2.45) is 0 Å². The summed E-state index contributed by atoms with van der Waals surface area (Å²) in [6, 6.07) is 0. The Morgan fingerprint density at radius 2 is 1.00 bits per heavy atom. The number of hydrogen-bond acceptors (Lipinski definition) is 9. The van der Waals surface area contributed by atoms with Crippen LogP contribution in [0.3, 0.4) is 0 Å². The molecule has 1 heterocycles. The SMILES string of the molecule is CCCCc1nc(N(COCC)COCC)nc(N(COCC)COCC)n1. The molecule has 0 atom stereocenters. The summed E-state index contributed by atoms with van der Waals surface area (Å²) in [5.74, 6) is 1.82. The van der Waals surface area contributed by atoms with Gasteiger partial charge in [-0.05, 0) is 34.1 Å². The Hall–Kier alpha value is -1.55. The maximum absolute atomic E-state index is 5.58. The van der Waals surface area contributed by atoms with Crippen molar-refractivity contribution in [3.63, 3.8) is 0 Å². The molecule has 0 aromatic carbocycles. The van der Waals surface area contributed by atoms with E-state index in [1.807, 2.05) is 37.5 Å². The van der Waals surface area contributed by atoms with E-state index in [-0.39, 0.29) is 0 Å². The van der Waals surface area contributed by atoms with Crippen LogP contribution in [0.15, 0.2) is 0 Å². The quantitative estimate of drug-likeness (QED) is 0.367. The standard InChI is InChI=1S/C19H37N5O4/c1-6-11-12-17-20-18(23(13-25-7-2)14-26-8-3)22-19(21-17)24(15-27-9-4)16-28-10-5/h6-16H2,1-5H3. The van der Waals surface area contributed by atoms with Crippen LogP contribution < -0.4 is 9.80 Å². The lowest BCUT2D eigenvalue weighted by atomic mass is 10.2. The molecule has 28 heavy (non-hydrogen) atoms. The van der Waals surface area contributed by atoms with Crippen molar-refractivity contribution in [3.8, 4) is 0 Å². The molecule has 9 nitrogen and oxygen atoms in total. The summed E-state index contributed by atoms with van der Waals surface area (Å²) in [6.45, 7) is 13.8. The fraction of sp³-hybridized carbons (Fsp3) is 0.842. The molecular weight excluding hydrogens is 362 g/mol. The molecule has 0 aliphatic rings. The van der Waals surface area contributed by atoms with Crippen molar-refractivity contribution in [2.45, 2.75) is 53.9 Å². The maximum Gasteiger partial charge on any atom is 0.234 e. The molecular formula is C19H37N5O4. The molecule has 0 saturated carbocycles. The number of aromatic nitrogens is 3. The molecule has 0 spiro atoms. The van der Waals surface area contributed by atoms with Crippen molar-refractivity contribution >= 4 is 11.9 Å². The van der Waals surface area contributed by atoms with Gasteiger partial charge in [0.25, 0.3) is 0 Å². The van der Waals surface area contributed by atoms with Gasteiger partial charge in [0.15, 0.2) is 0 Å². The molecule has 1 aromatic rings. The molecule has 0 N–H and O–H groups in total. The van der Waals surface area contributed by atoms with Gasteiger partial charge in [0.1, 0.15) is 32.7 Å². The highest BCUT2D eigenvalue weighted by atomic mass is 16.5. The van der Waals surface area contributed by atoms with Crippen molar-refractivity contribution < 1.29 is 18.9 Å². The van der Waals surface area contributed by atoms with Crippen LogP contribution in [-0.2, 0) is 25.4 Å². The van der Waals surface area contributed by atoms with E-state index in [2.05, 4.69) is 21.9 Å². The van der Waals surface area contributed by atoms with Crippen LogP contribution in [0.4, 0.5) is 11.9 Å². The predicted molar refractivity (Wildman–Crippen MR) is 109 cm³/mol. The first-order valence-corrected chi connectivity index (χ1v) is 10.3. The average Bonchev–Trinajstić information content (AvgIpc) is 2.72. The number of nitrogens with zero attached hydrogens (tertiary/aromatic N) is 5. The minimum atomic E-state index is 0.351. The normalized spacial score (nSPS) is 11.0. The van der Waals surface area contributed by atoms with E-state index in [0.29, 0.717) is 65.2 Å². The van der Waals surface area contributed by atoms with E-state index in [9.17, 15) is 0 Å². The molecule has 162 valence electrons. The zero-order chi connectivity index (χ0) is 20.6. The highest BCUT2D eigenvalue weighted by Gasteiger charge is 2.18. The van der Waals surface area contributed by atoms with Crippen LogP contribution in [0.25, 0.3) is 0 Å². The molecule has 0 radical (unpaired) electrons. The second kappa shape index (κ2) is 15.4. The van der Waals surface area contributed by atoms with Gasteiger partial charge in [-0.3, -0.25) is 9.80 Å². The van der Waals surface area contributed by atoms with Gasteiger partial charge in [0.05, 0.1) is 0 Å². The molecule has 1 aromatic heterocycles. The van der Waals surface area contributed by atoms with Crippen LogP contribution in [0, 0.1) is 0 Å². The van der Waals surface area contributed by atoms with Gasteiger partial charge in [-0.2, -0.15) is 15.0 Å². The molecule has 9 heteroatoms. The third-order valence-electron chi connectivity index (χ3n) is 3.78. The highest BCUT2D eigenvalue weighted by molar-refractivity contribution is 5.38. The molecule has 0 unspecified atom stereocenters. The van der Waals surface area contributed by atoms with Crippen LogP contribution in [0.2, 0.25) is 0 Å². The summed E-state index contributed by atoms with van der Waals surface area (Å²) in [5.41, 5.74) is 0. The zero-order valence-corrected chi connectivity index (χ0v) is 18.1. The molecule has 0 fully saturated rings. The van der Waals surface area contributed by atoms with Gasteiger partial charge in [0, 0.05) is 32.8 Å². The van der Waals surface area contributed by atoms with E-state index < -0.39 is 0 Å². The molecule has 0 bridgehead atoms.